The summed E-state index contributed by atoms with van der Waals surface area (Å²) in [5.41, 5.74) is 0. The van der Waals surface area contributed by atoms with Crippen LogP contribution >= 0.6 is 11.6 Å². The van der Waals surface area contributed by atoms with Crippen molar-refractivity contribution in [2.45, 2.75) is 5.37 Å². The van der Waals surface area contributed by atoms with Crippen LogP contribution in [0.15, 0.2) is 0 Å². The fraction of sp³-hybridized carbons (Fsp3) is 1.00. The minimum atomic E-state index is -2.65. The smallest absolute Gasteiger partial charge is 0.157 e. The lowest BCUT2D eigenvalue weighted by Crippen LogP contribution is -2.31. The van der Waals surface area contributed by atoms with Crippen LogP contribution in [0.2, 0.25) is 0 Å². The maximum Gasteiger partial charge on any atom is 0.157 e. The van der Waals surface area contributed by atoms with Crippen LogP contribution < -0.4 is 5.32 Å². The van der Waals surface area contributed by atoms with Gasteiger partial charge in [0.2, 0.25) is 0 Å². The fourth-order valence-electron chi connectivity index (χ4n) is 0.274. The Labute approximate surface area is 59.1 Å². The quantitative estimate of drug-likeness (QED) is 0.350. The van der Waals surface area contributed by atoms with E-state index in [4.69, 9.17) is 11.6 Å². The molecule has 9 heavy (non-hydrogen) atoms. The molecule has 0 aromatic heterocycles. The second-order valence-electron chi connectivity index (χ2n) is 1.29. The van der Waals surface area contributed by atoms with Crippen LogP contribution in [0.4, 0.5) is 4.39 Å². The van der Waals surface area contributed by atoms with Crippen molar-refractivity contribution >= 4 is 22.3 Å². The second kappa shape index (κ2) is 4.96. The van der Waals surface area contributed by atoms with Crippen LogP contribution in [0.1, 0.15) is 0 Å². The SMILES string of the molecule is O=[SH](=O)C(CCl)NCF. The van der Waals surface area contributed by atoms with Gasteiger partial charge in [-0.2, -0.15) is 0 Å². The molecule has 0 rings (SSSR count). The molecule has 0 aromatic carbocycles. The third-order valence-corrected chi connectivity index (χ3v) is 2.11. The molecule has 6 heteroatoms. The van der Waals surface area contributed by atoms with Crippen molar-refractivity contribution in [3.05, 3.63) is 0 Å². The average molecular weight is 176 g/mol. The first-order chi connectivity index (χ1) is 4.22. The van der Waals surface area contributed by atoms with Gasteiger partial charge in [-0.25, -0.2) is 12.8 Å². The maximum absolute atomic E-state index is 11.4. The summed E-state index contributed by atoms with van der Waals surface area (Å²) < 4.78 is 31.4. The summed E-state index contributed by atoms with van der Waals surface area (Å²) in [5, 5.41) is 1.10. The van der Waals surface area contributed by atoms with Crippen molar-refractivity contribution in [3.63, 3.8) is 0 Å². The van der Waals surface area contributed by atoms with Crippen molar-refractivity contribution in [1.82, 2.24) is 5.32 Å². The molecule has 0 aliphatic rings. The van der Waals surface area contributed by atoms with Gasteiger partial charge in [-0.1, -0.05) is 0 Å². The largest absolute Gasteiger partial charge is 0.273 e. The number of rotatable bonds is 4. The molecule has 0 spiro atoms. The summed E-state index contributed by atoms with van der Waals surface area (Å²) in [6.07, 6.45) is 0. The van der Waals surface area contributed by atoms with Crippen LogP contribution in [0, 0.1) is 0 Å². The summed E-state index contributed by atoms with van der Waals surface area (Å²) in [6.45, 7) is -0.874. The lowest BCUT2D eigenvalue weighted by atomic mass is 10.7. The number of halogens is 2. The van der Waals surface area contributed by atoms with Gasteiger partial charge in [0.1, 0.15) is 12.2 Å². The topological polar surface area (TPSA) is 46.2 Å². The molecule has 3 nitrogen and oxygen atoms in total. The highest BCUT2D eigenvalue weighted by molar-refractivity contribution is 7.73. The molecule has 1 atom stereocenters. The first-order valence-electron chi connectivity index (χ1n) is 2.21. The van der Waals surface area contributed by atoms with Crippen LogP contribution in [0.5, 0.6) is 0 Å². The normalized spacial score (nSPS) is 14.1. The predicted octanol–water partition coefficient (Wildman–Crippen LogP) is -0.321. The molecule has 0 heterocycles. The minimum Gasteiger partial charge on any atom is -0.273 e. The van der Waals surface area contributed by atoms with E-state index in [1.165, 1.54) is 0 Å². The molecule has 0 bridgehead atoms. The van der Waals surface area contributed by atoms with E-state index in [0.29, 0.717) is 0 Å². The van der Waals surface area contributed by atoms with Gasteiger partial charge in [0.25, 0.3) is 0 Å². The second-order valence-corrected chi connectivity index (χ2v) is 2.80. The van der Waals surface area contributed by atoms with E-state index < -0.39 is 22.9 Å². The molecular formula is C3H7ClFNO2S. The Morgan fingerprint density at radius 3 is 2.33 bits per heavy atom. The van der Waals surface area contributed by atoms with Gasteiger partial charge in [-0.15, -0.1) is 11.6 Å². The van der Waals surface area contributed by atoms with Gasteiger partial charge in [0.05, 0.1) is 5.88 Å². The van der Waals surface area contributed by atoms with Gasteiger partial charge in [-0.05, 0) is 0 Å². The van der Waals surface area contributed by atoms with E-state index in [1.54, 1.807) is 0 Å². The van der Waals surface area contributed by atoms with Gasteiger partial charge in [0, 0.05) is 0 Å². The summed E-state index contributed by atoms with van der Waals surface area (Å²) in [4.78, 5) is 0. The molecule has 0 aromatic rings. The molecule has 0 saturated heterocycles. The monoisotopic (exact) mass is 175 g/mol. The zero-order valence-corrected chi connectivity index (χ0v) is 6.16. The van der Waals surface area contributed by atoms with Crippen LogP contribution in [-0.4, -0.2) is 26.5 Å². The summed E-state index contributed by atoms with van der Waals surface area (Å²) in [7, 11) is -2.65. The van der Waals surface area contributed by atoms with Gasteiger partial charge in [-0.3, -0.25) is 5.32 Å². The molecule has 1 unspecified atom stereocenters. The molecular weight excluding hydrogens is 169 g/mol. The molecule has 0 radical (unpaired) electrons. The maximum atomic E-state index is 11.4. The van der Waals surface area contributed by atoms with Crippen molar-refractivity contribution in [2.24, 2.45) is 0 Å². The number of hydrogen-bond donors (Lipinski definition) is 2. The number of hydrogen-bond acceptors (Lipinski definition) is 3. The summed E-state index contributed by atoms with van der Waals surface area (Å²) in [6, 6.07) is 0. The van der Waals surface area contributed by atoms with E-state index in [9.17, 15) is 12.8 Å². The van der Waals surface area contributed by atoms with Gasteiger partial charge >= 0.3 is 0 Å². The predicted molar refractivity (Wildman–Crippen MR) is 33.9 cm³/mol. The molecule has 1 N–H and O–H groups in total. The van der Waals surface area contributed by atoms with E-state index in [1.807, 2.05) is 5.32 Å². The lowest BCUT2D eigenvalue weighted by molar-refractivity contribution is 0.419. The van der Waals surface area contributed by atoms with Gasteiger partial charge in [0.15, 0.2) is 10.7 Å². The Morgan fingerprint density at radius 2 is 2.22 bits per heavy atom. The van der Waals surface area contributed by atoms with Crippen molar-refractivity contribution < 1.29 is 12.8 Å². The average Bonchev–Trinajstić information content (AvgIpc) is 1.82. The number of nitrogens with one attached hydrogen (secondary N) is 1. The molecule has 0 saturated carbocycles. The van der Waals surface area contributed by atoms with Crippen LogP contribution in [-0.2, 0) is 10.7 Å². The first kappa shape index (κ1) is 9.13. The highest BCUT2D eigenvalue weighted by Crippen LogP contribution is 1.87. The lowest BCUT2D eigenvalue weighted by Gasteiger charge is -2.02. The Bertz CT molecular complexity index is 132. The third kappa shape index (κ3) is 3.66. The van der Waals surface area contributed by atoms with E-state index in [0.717, 1.165) is 0 Å². The van der Waals surface area contributed by atoms with Crippen LogP contribution in [0.25, 0.3) is 0 Å². The highest BCUT2D eigenvalue weighted by atomic mass is 35.5. The number of thiol groups is 1. The van der Waals surface area contributed by atoms with Crippen LogP contribution in [0.3, 0.4) is 0 Å². The third-order valence-electron chi connectivity index (χ3n) is 0.713. The van der Waals surface area contributed by atoms with E-state index >= 15 is 0 Å². The standard InChI is InChI=1S/C3H7ClFNO2S/c4-1-3(6-2-5)9(7)8/h3,6,9H,1-2H2. The first-order valence-corrected chi connectivity index (χ1v) is 3.99. The minimum absolute atomic E-state index is 0.122. The molecule has 0 aliphatic heterocycles. The molecule has 0 amide bonds. The molecule has 56 valence electrons. The Kier molecular flexibility index (Phi) is 5.03. The summed E-state index contributed by atoms with van der Waals surface area (Å²) >= 11 is 5.13. The van der Waals surface area contributed by atoms with E-state index in [-0.39, 0.29) is 5.88 Å². The summed E-state index contributed by atoms with van der Waals surface area (Å²) in [5.74, 6) is -0.122. The van der Waals surface area contributed by atoms with E-state index in [2.05, 4.69) is 0 Å². The Morgan fingerprint density at radius 1 is 1.67 bits per heavy atom. The highest BCUT2D eigenvalue weighted by Gasteiger charge is 2.06. The Hall–Kier alpha value is 0.130. The van der Waals surface area contributed by atoms with Crippen molar-refractivity contribution in [2.75, 3.05) is 12.7 Å². The van der Waals surface area contributed by atoms with Gasteiger partial charge < -0.3 is 0 Å². The Balaban J connectivity index is 3.68. The zero-order chi connectivity index (χ0) is 7.28. The molecule has 0 aliphatic carbocycles. The number of alkyl halides is 2. The van der Waals surface area contributed by atoms with Crippen molar-refractivity contribution in [1.29, 1.82) is 0 Å². The molecule has 0 fully saturated rings. The zero-order valence-electron chi connectivity index (χ0n) is 4.51. The van der Waals surface area contributed by atoms with Crippen molar-refractivity contribution in [3.8, 4) is 0 Å². The fourth-order valence-corrected chi connectivity index (χ4v) is 1.05.